The van der Waals surface area contributed by atoms with Crippen molar-refractivity contribution in [2.75, 3.05) is 43.9 Å². The van der Waals surface area contributed by atoms with Gasteiger partial charge in [0.05, 0.1) is 23.5 Å². The molecule has 10 nitrogen and oxygen atoms in total. The van der Waals surface area contributed by atoms with Gasteiger partial charge in [0.2, 0.25) is 0 Å². The highest BCUT2D eigenvalue weighted by Gasteiger charge is 2.38. The highest BCUT2D eigenvalue weighted by atomic mass is 35.5. The minimum Gasteiger partial charge on any atom is -0.475 e. The predicted octanol–water partition coefficient (Wildman–Crippen LogP) is 4.86. The number of rotatable bonds is 5. The summed E-state index contributed by atoms with van der Waals surface area (Å²) in [6.07, 6.45) is -3.28. The standard InChI is InChI=1S/C25H32ClFN6O2.C2HF3O2/c1-15(2)28-23-24(30-21-14-33(25(35)31(3)4)12-9-20(21)29-23)32-10-7-16(8-11-32)22(34)18-13-17(26)5-6-19(18)27;3-2(4,5)1(6)7/h5-6,13,15-16H,7-12,14H2,1-4H3,(H,28,29);(H,6,7). The molecule has 15 heteroatoms. The molecule has 0 bridgehead atoms. The number of hydrogen-bond donors (Lipinski definition) is 2. The molecule has 0 radical (unpaired) electrons. The van der Waals surface area contributed by atoms with Gasteiger partial charge in [0.25, 0.3) is 0 Å². The van der Waals surface area contributed by atoms with Gasteiger partial charge in [-0.05, 0) is 44.9 Å². The van der Waals surface area contributed by atoms with E-state index in [-0.39, 0.29) is 29.3 Å². The second-order valence-corrected chi connectivity index (χ2v) is 10.9. The lowest BCUT2D eigenvalue weighted by atomic mass is 9.88. The number of carboxylic acids is 1. The molecular formula is C27H33ClF4N6O4. The largest absolute Gasteiger partial charge is 0.490 e. The monoisotopic (exact) mass is 616 g/mol. The van der Waals surface area contributed by atoms with Crippen molar-refractivity contribution in [3.8, 4) is 0 Å². The molecule has 1 aromatic heterocycles. The number of urea groups is 1. The number of piperidine rings is 1. The van der Waals surface area contributed by atoms with E-state index in [4.69, 9.17) is 31.5 Å². The number of anilines is 2. The number of carboxylic acid groups (broad SMARTS) is 1. The first-order valence-corrected chi connectivity index (χ1v) is 13.6. The molecule has 1 saturated heterocycles. The molecule has 2 amide bonds. The van der Waals surface area contributed by atoms with Crippen LogP contribution in [0.4, 0.5) is 34.0 Å². The fraction of sp³-hybridized carbons (Fsp3) is 0.519. The number of nitrogens with one attached hydrogen (secondary N) is 1. The number of carbonyl (C=O) groups excluding carboxylic acids is 2. The van der Waals surface area contributed by atoms with E-state index in [0.717, 1.165) is 23.0 Å². The SMILES string of the molecule is CC(C)Nc1nc2c(nc1N1CCC(C(=O)c3cc(Cl)ccc3F)CC1)CN(C(=O)N(C)C)CC2.O=C(O)C(F)(F)F. The molecule has 2 aromatic rings. The Labute approximate surface area is 245 Å². The molecule has 1 aromatic carbocycles. The number of Topliss-reactive ketones (excluding diaryl/α,β-unsaturated/α-hetero) is 1. The lowest BCUT2D eigenvalue weighted by molar-refractivity contribution is -0.192. The lowest BCUT2D eigenvalue weighted by Crippen LogP contribution is -2.43. The van der Waals surface area contributed by atoms with Crippen LogP contribution < -0.4 is 10.2 Å². The van der Waals surface area contributed by atoms with Crippen molar-refractivity contribution in [3.05, 3.63) is 46.0 Å². The molecule has 0 spiro atoms. The van der Waals surface area contributed by atoms with Gasteiger partial charge in [0, 0.05) is 57.1 Å². The van der Waals surface area contributed by atoms with Crippen LogP contribution in [0.5, 0.6) is 0 Å². The highest BCUT2D eigenvalue weighted by Crippen LogP contribution is 2.32. The number of amides is 2. The maximum atomic E-state index is 14.2. The third-order valence-corrected chi connectivity index (χ3v) is 6.91. The molecule has 230 valence electrons. The molecule has 0 unspecified atom stereocenters. The fourth-order valence-electron chi connectivity index (χ4n) is 4.62. The molecule has 42 heavy (non-hydrogen) atoms. The highest BCUT2D eigenvalue weighted by molar-refractivity contribution is 6.31. The molecule has 2 aliphatic rings. The molecule has 4 rings (SSSR count). The summed E-state index contributed by atoms with van der Waals surface area (Å²) in [7, 11) is 3.48. The number of ketones is 1. The van der Waals surface area contributed by atoms with Crippen molar-refractivity contribution in [1.29, 1.82) is 0 Å². The zero-order valence-corrected chi connectivity index (χ0v) is 24.4. The van der Waals surface area contributed by atoms with Crippen LogP contribution >= 0.6 is 11.6 Å². The number of benzene rings is 1. The van der Waals surface area contributed by atoms with Crippen molar-refractivity contribution < 1.29 is 37.1 Å². The predicted molar refractivity (Wildman–Crippen MR) is 148 cm³/mol. The topological polar surface area (TPSA) is 119 Å². The quantitative estimate of drug-likeness (QED) is 0.361. The first-order valence-electron chi connectivity index (χ1n) is 13.2. The van der Waals surface area contributed by atoms with Crippen molar-refractivity contribution >= 4 is 41.0 Å². The zero-order chi connectivity index (χ0) is 31.4. The van der Waals surface area contributed by atoms with Crippen molar-refractivity contribution in [2.45, 2.75) is 51.9 Å². The first kappa shape index (κ1) is 32.8. The summed E-state index contributed by atoms with van der Waals surface area (Å²) in [6.45, 7) is 6.31. The van der Waals surface area contributed by atoms with E-state index in [1.165, 1.54) is 18.2 Å². The van der Waals surface area contributed by atoms with Gasteiger partial charge < -0.3 is 25.1 Å². The van der Waals surface area contributed by atoms with Gasteiger partial charge in [-0.1, -0.05) is 11.6 Å². The van der Waals surface area contributed by atoms with Crippen LogP contribution in [0.3, 0.4) is 0 Å². The minimum atomic E-state index is -5.08. The summed E-state index contributed by atoms with van der Waals surface area (Å²) in [5.74, 6) is -2.33. The summed E-state index contributed by atoms with van der Waals surface area (Å²) in [5.41, 5.74) is 1.76. The van der Waals surface area contributed by atoms with E-state index in [2.05, 4.69) is 10.2 Å². The van der Waals surface area contributed by atoms with Crippen LogP contribution in [0.15, 0.2) is 18.2 Å². The van der Waals surface area contributed by atoms with Gasteiger partial charge in [-0.2, -0.15) is 13.2 Å². The summed E-state index contributed by atoms with van der Waals surface area (Å²) in [6, 6.07) is 4.21. The number of fused-ring (bicyclic) bond motifs is 1. The Morgan fingerprint density at radius 1 is 1.10 bits per heavy atom. The Morgan fingerprint density at radius 3 is 2.26 bits per heavy atom. The Morgan fingerprint density at radius 2 is 1.71 bits per heavy atom. The van der Waals surface area contributed by atoms with E-state index < -0.39 is 18.0 Å². The molecule has 0 saturated carbocycles. The Hall–Kier alpha value is -3.68. The number of nitrogens with zero attached hydrogens (tertiary/aromatic N) is 5. The molecule has 1 fully saturated rings. The van der Waals surface area contributed by atoms with Crippen LogP contribution in [-0.4, -0.2) is 88.6 Å². The second-order valence-electron chi connectivity index (χ2n) is 10.5. The van der Waals surface area contributed by atoms with E-state index in [1.807, 2.05) is 13.8 Å². The zero-order valence-electron chi connectivity index (χ0n) is 23.6. The maximum Gasteiger partial charge on any atom is 0.490 e. The number of carbonyl (C=O) groups is 3. The van der Waals surface area contributed by atoms with Crippen LogP contribution in [0.25, 0.3) is 0 Å². The van der Waals surface area contributed by atoms with Gasteiger partial charge in [-0.3, -0.25) is 4.79 Å². The third kappa shape index (κ3) is 8.20. The summed E-state index contributed by atoms with van der Waals surface area (Å²) >= 11 is 5.99. The van der Waals surface area contributed by atoms with Crippen LogP contribution in [0.2, 0.25) is 5.02 Å². The minimum absolute atomic E-state index is 0.0454. The number of aliphatic carboxylic acids is 1. The number of alkyl halides is 3. The van der Waals surface area contributed by atoms with E-state index in [9.17, 15) is 27.2 Å². The third-order valence-electron chi connectivity index (χ3n) is 6.67. The first-order chi connectivity index (χ1) is 19.6. The van der Waals surface area contributed by atoms with Gasteiger partial charge in [-0.15, -0.1) is 0 Å². The number of aromatic nitrogens is 2. The van der Waals surface area contributed by atoms with Gasteiger partial charge in [0.15, 0.2) is 17.4 Å². The fourth-order valence-corrected chi connectivity index (χ4v) is 4.79. The van der Waals surface area contributed by atoms with E-state index in [1.54, 1.807) is 23.9 Å². The maximum absolute atomic E-state index is 14.2. The van der Waals surface area contributed by atoms with Gasteiger partial charge in [0.1, 0.15) is 5.82 Å². The van der Waals surface area contributed by atoms with E-state index >= 15 is 0 Å². The Kier molecular flexibility index (Phi) is 10.6. The molecule has 0 atom stereocenters. The van der Waals surface area contributed by atoms with Crippen LogP contribution in [0, 0.1) is 11.7 Å². The molecular weight excluding hydrogens is 584 g/mol. The Bertz CT molecular complexity index is 1320. The van der Waals surface area contributed by atoms with Crippen LogP contribution in [0.1, 0.15) is 48.4 Å². The van der Waals surface area contributed by atoms with Crippen molar-refractivity contribution in [3.63, 3.8) is 0 Å². The van der Waals surface area contributed by atoms with Gasteiger partial charge >= 0.3 is 18.2 Å². The average Bonchev–Trinajstić information content (AvgIpc) is 2.92. The summed E-state index contributed by atoms with van der Waals surface area (Å²) < 4.78 is 46.0. The molecule has 2 aliphatic heterocycles. The summed E-state index contributed by atoms with van der Waals surface area (Å²) in [5, 5.41) is 10.9. The normalized spacial score (nSPS) is 15.5. The van der Waals surface area contributed by atoms with Crippen molar-refractivity contribution in [1.82, 2.24) is 19.8 Å². The number of hydrogen-bond acceptors (Lipinski definition) is 7. The smallest absolute Gasteiger partial charge is 0.475 e. The van der Waals surface area contributed by atoms with Crippen LogP contribution in [-0.2, 0) is 17.8 Å². The lowest BCUT2D eigenvalue weighted by Gasteiger charge is -2.35. The Balaban J connectivity index is 0.000000616. The second kappa shape index (κ2) is 13.5. The molecule has 2 N–H and O–H groups in total. The average molecular weight is 617 g/mol. The number of halogens is 5. The molecule has 3 heterocycles. The summed E-state index contributed by atoms with van der Waals surface area (Å²) in [4.78, 5) is 49.7. The van der Waals surface area contributed by atoms with Crippen molar-refractivity contribution in [2.24, 2.45) is 5.92 Å². The van der Waals surface area contributed by atoms with Gasteiger partial charge in [-0.25, -0.2) is 23.9 Å². The van der Waals surface area contributed by atoms with E-state index in [0.29, 0.717) is 50.5 Å². The molecule has 0 aliphatic carbocycles.